The van der Waals surface area contributed by atoms with Gasteiger partial charge in [-0.3, -0.25) is 0 Å². The highest BCUT2D eigenvalue weighted by molar-refractivity contribution is 5.51. The lowest BCUT2D eigenvalue weighted by Crippen LogP contribution is -2.38. The SMILES string of the molecule is C/C=C\C(=C/C(CCC)C1CC1)C(/C=C1/C(Nc2ccccn2)CCCN1C)=C(C)C. The predicted octanol–water partition coefficient (Wildman–Crippen LogP) is 7.14. The number of nitrogens with one attached hydrogen (secondary N) is 1. The molecule has 3 heteroatoms. The lowest BCUT2D eigenvalue weighted by molar-refractivity contribution is 0.329. The molecule has 1 aliphatic carbocycles. The van der Waals surface area contributed by atoms with Crippen molar-refractivity contribution >= 4 is 5.82 Å². The van der Waals surface area contributed by atoms with Crippen molar-refractivity contribution in [3.05, 3.63) is 71.1 Å². The Labute approximate surface area is 190 Å². The Kier molecular flexibility index (Phi) is 8.57. The number of rotatable bonds is 9. The number of hydrogen-bond donors (Lipinski definition) is 1. The quantitative estimate of drug-likeness (QED) is 0.431. The number of anilines is 1. The highest BCUT2D eigenvalue weighted by Gasteiger charge is 2.29. The minimum absolute atomic E-state index is 0.282. The molecule has 2 heterocycles. The predicted molar refractivity (Wildman–Crippen MR) is 134 cm³/mol. The van der Waals surface area contributed by atoms with Gasteiger partial charge in [-0.15, -0.1) is 0 Å². The summed E-state index contributed by atoms with van der Waals surface area (Å²) in [5.74, 6) is 2.55. The smallest absolute Gasteiger partial charge is 0.126 e. The molecule has 2 aliphatic rings. The zero-order valence-electron chi connectivity index (χ0n) is 20.2. The van der Waals surface area contributed by atoms with E-state index in [1.54, 1.807) is 0 Å². The first kappa shape index (κ1) is 23.4. The molecule has 1 aromatic heterocycles. The molecule has 2 atom stereocenters. The summed E-state index contributed by atoms with van der Waals surface area (Å²) in [6.45, 7) is 10.0. The number of likely N-dealkylation sites (N-methyl/N-ethyl adjacent to an activating group) is 1. The molecule has 0 radical (unpaired) electrons. The van der Waals surface area contributed by atoms with Crippen LogP contribution in [0.15, 0.2) is 71.1 Å². The molecule has 2 fully saturated rings. The van der Waals surface area contributed by atoms with E-state index in [1.165, 1.54) is 54.5 Å². The second-order valence-electron chi connectivity index (χ2n) is 9.37. The summed E-state index contributed by atoms with van der Waals surface area (Å²) in [6, 6.07) is 6.36. The zero-order valence-corrected chi connectivity index (χ0v) is 20.2. The van der Waals surface area contributed by atoms with Gasteiger partial charge >= 0.3 is 0 Å². The van der Waals surface area contributed by atoms with E-state index in [4.69, 9.17) is 0 Å². The minimum atomic E-state index is 0.282. The monoisotopic (exact) mass is 419 g/mol. The molecule has 31 heavy (non-hydrogen) atoms. The third-order valence-corrected chi connectivity index (χ3v) is 6.50. The molecule has 1 N–H and O–H groups in total. The molecule has 1 saturated heterocycles. The second-order valence-corrected chi connectivity index (χ2v) is 9.37. The summed E-state index contributed by atoms with van der Waals surface area (Å²) in [6.07, 6.45) is 19.0. The fourth-order valence-electron chi connectivity index (χ4n) is 4.68. The van der Waals surface area contributed by atoms with Crippen molar-refractivity contribution < 1.29 is 0 Å². The van der Waals surface area contributed by atoms with Crippen molar-refractivity contribution in [1.29, 1.82) is 0 Å². The van der Waals surface area contributed by atoms with Gasteiger partial charge in [-0.05, 0) is 94.1 Å². The molecule has 0 spiro atoms. The Bertz CT molecular complexity index is 823. The number of hydrogen-bond acceptors (Lipinski definition) is 3. The lowest BCUT2D eigenvalue weighted by Gasteiger charge is -2.36. The first-order valence-electron chi connectivity index (χ1n) is 12.2. The van der Waals surface area contributed by atoms with Crippen molar-refractivity contribution in [1.82, 2.24) is 9.88 Å². The van der Waals surface area contributed by atoms with E-state index in [2.05, 4.69) is 80.3 Å². The molecule has 0 aromatic carbocycles. The fourth-order valence-corrected chi connectivity index (χ4v) is 4.68. The van der Waals surface area contributed by atoms with Crippen LogP contribution < -0.4 is 5.32 Å². The molecule has 1 aromatic rings. The number of allylic oxidation sites excluding steroid dienone is 7. The summed E-state index contributed by atoms with van der Waals surface area (Å²) in [5.41, 5.74) is 5.49. The number of pyridine rings is 1. The first-order valence-corrected chi connectivity index (χ1v) is 12.2. The van der Waals surface area contributed by atoms with Crippen LogP contribution in [0.5, 0.6) is 0 Å². The summed E-state index contributed by atoms with van der Waals surface area (Å²) in [7, 11) is 2.23. The van der Waals surface area contributed by atoms with Gasteiger partial charge < -0.3 is 10.2 Å². The normalized spacial score (nSPS) is 22.1. The molecule has 0 bridgehead atoms. The van der Waals surface area contributed by atoms with Gasteiger partial charge in [-0.2, -0.15) is 0 Å². The topological polar surface area (TPSA) is 28.2 Å². The number of aromatic nitrogens is 1. The van der Waals surface area contributed by atoms with E-state index in [-0.39, 0.29) is 6.04 Å². The number of nitrogens with zero attached hydrogens (tertiary/aromatic N) is 2. The van der Waals surface area contributed by atoms with E-state index < -0.39 is 0 Å². The molecule has 3 nitrogen and oxygen atoms in total. The summed E-state index contributed by atoms with van der Waals surface area (Å²) in [5, 5.41) is 3.68. The van der Waals surface area contributed by atoms with E-state index in [1.807, 2.05) is 18.3 Å². The van der Waals surface area contributed by atoms with Gasteiger partial charge in [-0.25, -0.2) is 4.98 Å². The number of piperidine rings is 1. The van der Waals surface area contributed by atoms with Crippen LogP contribution >= 0.6 is 0 Å². The zero-order chi connectivity index (χ0) is 22.2. The van der Waals surface area contributed by atoms with Gasteiger partial charge in [0.1, 0.15) is 5.82 Å². The van der Waals surface area contributed by atoms with Crippen molar-refractivity contribution in [2.24, 2.45) is 11.8 Å². The van der Waals surface area contributed by atoms with Crippen LogP contribution in [0.3, 0.4) is 0 Å². The largest absolute Gasteiger partial charge is 0.376 e. The third kappa shape index (κ3) is 6.59. The summed E-state index contributed by atoms with van der Waals surface area (Å²) < 4.78 is 0. The fraction of sp³-hybridized carbons (Fsp3) is 0.536. The van der Waals surface area contributed by atoms with E-state index in [0.29, 0.717) is 5.92 Å². The molecule has 0 amide bonds. The first-order chi connectivity index (χ1) is 15.0. The van der Waals surface area contributed by atoms with E-state index in [0.717, 1.165) is 24.7 Å². The lowest BCUT2D eigenvalue weighted by atomic mass is 9.89. The summed E-state index contributed by atoms with van der Waals surface area (Å²) >= 11 is 0. The molecular weight excluding hydrogens is 378 g/mol. The Morgan fingerprint density at radius 1 is 1.26 bits per heavy atom. The Balaban J connectivity index is 1.95. The van der Waals surface area contributed by atoms with E-state index >= 15 is 0 Å². The Morgan fingerprint density at radius 3 is 2.68 bits per heavy atom. The molecule has 1 saturated carbocycles. The van der Waals surface area contributed by atoms with Crippen molar-refractivity contribution in [3.8, 4) is 0 Å². The third-order valence-electron chi connectivity index (χ3n) is 6.50. The molecule has 168 valence electrons. The van der Waals surface area contributed by atoms with Gasteiger partial charge in [0.25, 0.3) is 0 Å². The van der Waals surface area contributed by atoms with Crippen LogP contribution in [0.25, 0.3) is 0 Å². The van der Waals surface area contributed by atoms with Gasteiger partial charge in [-0.1, -0.05) is 43.2 Å². The average molecular weight is 420 g/mol. The van der Waals surface area contributed by atoms with E-state index in [9.17, 15) is 0 Å². The van der Waals surface area contributed by atoms with Gasteiger partial charge in [0, 0.05) is 25.5 Å². The van der Waals surface area contributed by atoms with Crippen LogP contribution in [0.4, 0.5) is 5.82 Å². The maximum Gasteiger partial charge on any atom is 0.126 e. The molecule has 2 unspecified atom stereocenters. The standard InChI is InChI=1S/C28H41N3/c1-6-11-23(22-15-16-22)19-24(12-7-2)25(21(3)4)20-27-26(13-10-18-31(27)5)30-28-14-8-9-17-29-28/h7-9,12,14,17,19-20,22-23,26H,6,10-11,13,15-16,18H2,1-5H3,(H,29,30)/b12-7-,24-19+,27-20-. The highest BCUT2D eigenvalue weighted by Crippen LogP contribution is 2.41. The van der Waals surface area contributed by atoms with Gasteiger partial charge in [0.05, 0.1) is 6.04 Å². The van der Waals surface area contributed by atoms with Crippen LogP contribution in [0.1, 0.15) is 66.2 Å². The van der Waals surface area contributed by atoms with Crippen LogP contribution in [0, 0.1) is 11.8 Å². The van der Waals surface area contributed by atoms with Gasteiger partial charge in [0.2, 0.25) is 0 Å². The maximum absolute atomic E-state index is 4.51. The van der Waals surface area contributed by atoms with Crippen molar-refractivity contribution in [2.45, 2.75) is 72.3 Å². The molecular formula is C28H41N3. The Morgan fingerprint density at radius 2 is 2.06 bits per heavy atom. The van der Waals surface area contributed by atoms with Crippen molar-refractivity contribution in [3.63, 3.8) is 0 Å². The molecule has 1 aliphatic heterocycles. The average Bonchev–Trinajstić information content (AvgIpc) is 3.59. The molecule has 3 rings (SSSR count). The second kappa shape index (κ2) is 11.4. The highest BCUT2D eigenvalue weighted by atomic mass is 15.2. The van der Waals surface area contributed by atoms with Gasteiger partial charge in [0.15, 0.2) is 0 Å². The maximum atomic E-state index is 4.51. The van der Waals surface area contributed by atoms with Crippen molar-refractivity contribution in [2.75, 3.05) is 18.9 Å². The van der Waals surface area contributed by atoms with Crippen LogP contribution in [0.2, 0.25) is 0 Å². The Hall–Kier alpha value is -2.29. The van der Waals surface area contributed by atoms with Crippen LogP contribution in [-0.4, -0.2) is 29.5 Å². The summed E-state index contributed by atoms with van der Waals surface area (Å²) in [4.78, 5) is 6.93. The number of likely N-dealkylation sites (tertiary alicyclic amines) is 1. The van der Waals surface area contributed by atoms with Crippen LogP contribution in [-0.2, 0) is 0 Å². The minimum Gasteiger partial charge on any atom is -0.376 e.